The molecule has 0 aliphatic carbocycles. The van der Waals surface area contributed by atoms with Crippen LogP contribution in [0.4, 0.5) is 10.2 Å². The van der Waals surface area contributed by atoms with E-state index in [2.05, 4.69) is 14.9 Å². The van der Waals surface area contributed by atoms with Crippen molar-refractivity contribution in [3.05, 3.63) is 63.2 Å². The van der Waals surface area contributed by atoms with Crippen molar-refractivity contribution in [2.24, 2.45) is 0 Å². The lowest BCUT2D eigenvalue weighted by Gasteiger charge is -2.26. The van der Waals surface area contributed by atoms with E-state index in [1.165, 1.54) is 12.1 Å². The number of nitrogens with two attached hydrogens (primary N) is 1. The highest BCUT2D eigenvalue weighted by molar-refractivity contribution is 6.36. The van der Waals surface area contributed by atoms with E-state index < -0.39 is 11.9 Å². The van der Waals surface area contributed by atoms with Crippen molar-refractivity contribution in [1.29, 1.82) is 0 Å². The molecule has 2 N–H and O–H groups in total. The first-order chi connectivity index (χ1) is 16.8. The first kappa shape index (κ1) is 25.7. The maximum atomic E-state index is 14.0. The molecule has 0 spiro atoms. The van der Waals surface area contributed by atoms with Crippen LogP contribution >= 0.6 is 34.8 Å². The first-order valence-electron chi connectivity index (χ1n) is 11.0. The Morgan fingerprint density at radius 1 is 1.09 bits per heavy atom. The van der Waals surface area contributed by atoms with E-state index in [1.54, 1.807) is 31.5 Å². The number of hydrogen-bond donors (Lipinski definition) is 1. The minimum atomic E-state index is -0.688. The molecule has 0 saturated carbocycles. The van der Waals surface area contributed by atoms with Gasteiger partial charge in [-0.05, 0) is 31.2 Å². The largest absolute Gasteiger partial charge is 0.489 e. The molecule has 7 nitrogen and oxygen atoms in total. The second-order valence-corrected chi connectivity index (χ2v) is 9.08. The summed E-state index contributed by atoms with van der Waals surface area (Å²) in [5.41, 5.74) is 7.75. The number of morpholine rings is 1. The second-order valence-electron chi connectivity index (χ2n) is 7.94. The van der Waals surface area contributed by atoms with Crippen LogP contribution in [0, 0.1) is 5.82 Å². The van der Waals surface area contributed by atoms with Crippen molar-refractivity contribution in [3.8, 4) is 22.6 Å². The summed E-state index contributed by atoms with van der Waals surface area (Å²) in [5, 5.41) is 0.445. The lowest BCUT2D eigenvalue weighted by atomic mass is 10.1. The molecule has 2 aromatic heterocycles. The number of nitrogens with zero attached hydrogens (tertiary/aromatic N) is 3. The Morgan fingerprint density at radius 3 is 2.51 bits per heavy atom. The molecular weight excluding hydrogens is 518 g/mol. The number of ether oxygens (including phenoxy) is 3. The van der Waals surface area contributed by atoms with Gasteiger partial charge < -0.3 is 19.9 Å². The Kier molecular flexibility index (Phi) is 8.51. The Hall–Kier alpha value is -2.36. The fourth-order valence-electron chi connectivity index (χ4n) is 3.67. The summed E-state index contributed by atoms with van der Waals surface area (Å²) < 4.78 is 31.2. The van der Waals surface area contributed by atoms with Crippen LogP contribution in [0.1, 0.15) is 18.6 Å². The van der Waals surface area contributed by atoms with Gasteiger partial charge in [0.1, 0.15) is 18.5 Å². The van der Waals surface area contributed by atoms with Gasteiger partial charge in [-0.25, -0.2) is 14.4 Å². The van der Waals surface area contributed by atoms with Crippen LogP contribution in [0.5, 0.6) is 11.5 Å². The van der Waals surface area contributed by atoms with E-state index in [-0.39, 0.29) is 26.8 Å². The van der Waals surface area contributed by atoms with E-state index in [9.17, 15) is 4.39 Å². The molecule has 11 heteroatoms. The average molecular weight is 542 g/mol. The number of anilines is 1. The van der Waals surface area contributed by atoms with Gasteiger partial charge in [0.25, 0.3) is 0 Å². The minimum Gasteiger partial charge on any atom is -0.489 e. The second kappa shape index (κ2) is 11.6. The summed E-state index contributed by atoms with van der Waals surface area (Å²) in [6.45, 7) is 6.12. The van der Waals surface area contributed by atoms with Crippen LogP contribution in [-0.4, -0.2) is 54.3 Å². The molecule has 1 aliphatic rings. The fraction of sp³-hybridized carbons (Fsp3) is 0.333. The van der Waals surface area contributed by atoms with Gasteiger partial charge in [-0.2, -0.15) is 0 Å². The summed E-state index contributed by atoms with van der Waals surface area (Å²) >= 11 is 18.6. The smallest absolute Gasteiger partial charge is 0.171 e. The summed E-state index contributed by atoms with van der Waals surface area (Å²) in [6.07, 6.45) is 2.52. The average Bonchev–Trinajstić information content (AvgIpc) is 2.85. The van der Waals surface area contributed by atoms with Gasteiger partial charge in [-0.15, -0.1) is 0 Å². The van der Waals surface area contributed by atoms with Crippen LogP contribution in [0.15, 0.2) is 36.7 Å². The normalized spacial score (nSPS) is 15.1. The Bertz CT molecular complexity index is 1190. The molecular formula is C24H24Cl3FN4O3. The summed E-state index contributed by atoms with van der Waals surface area (Å²) in [5.74, 6) is 0.322. The van der Waals surface area contributed by atoms with Crippen molar-refractivity contribution in [3.63, 3.8) is 0 Å². The monoisotopic (exact) mass is 540 g/mol. The lowest BCUT2D eigenvalue weighted by molar-refractivity contribution is 0.0322. The summed E-state index contributed by atoms with van der Waals surface area (Å²) in [4.78, 5) is 10.7. The number of pyridine rings is 2. The minimum absolute atomic E-state index is 0.103. The Balaban J connectivity index is 1.51. The molecule has 35 heavy (non-hydrogen) atoms. The molecule has 0 bridgehead atoms. The molecule has 3 heterocycles. The van der Waals surface area contributed by atoms with Gasteiger partial charge in [0.05, 0.1) is 18.2 Å². The van der Waals surface area contributed by atoms with E-state index in [0.717, 1.165) is 32.8 Å². The summed E-state index contributed by atoms with van der Waals surface area (Å²) in [6, 6.07) is 6.12. The zero-order chi connectivity index (χ0) is 24.9. The summed E-state index contributed by atoms with van der Waals surface area (Å²) in [7, 11) is 0. The van der Waals surface area contributed by atoms with Crippen molar-refractivity contribution >= 4 is 40.6 Å². The molecule has 1 aromatic carbocycles. The number of rotatable bonds is 8. The third kappa shape index (κ3) is 6.26. The topological polar surface area (TPSA) is 82.7 Å². The van der Waals surface area contributed by atoms with E-state index in [0.29, 0.717) is 29.0 Å². The zero-order valence-corrected chi connectivity index (χ0v) is 21.2. The predicted molar refractivity (Wildman–Crippen MR) is 135 cm³/mol. The third-order valence-electron chi connectivity index (χ3n) is 5.58. The van der Waals surface area contributed by atoms with Crippen LogP contribution in [0.2, 0.25) is 15.2 Å². The van der Waals surface area contributed by atoms with E-state index in [1.807, 2.05) is 0 Å². The van der Waals surface area contributed by atoms with Gasteiger partial charge in [0.15, 0.2) is 22.5 Å². The van der Waals surface area contributed by atoms with Gasteiger partial charge in [0.2, 0.25) is 0 Å². The highest BCUT2D eigenvalue weighted by Crippen LogP contribution is 2.37. The SMILES string of the molecule is C[C@@H](Oc1cc(-c2cnc(Cl)c(OCCN3CCOCC3)c2)cnc1N)c1c(Cl)ccc(F)c1Cl. The number of nitrogen functional groups attached to an aromatic ring is 1. The number of halogens is 4. The van der Waals surface area contributed by atoms with Crippen LogP contribution in [0.3, 0.4) is 0 Å². The van der Waals surface area contributed by atoms with Crippen LogP contribution in [-0.2, 0) is 4.74 Å². The first-order valence-corrected chi connectivity index (χ1v) is 12.1. The molecule has 1 atom stereocenters. The van der Waals surface area contributed by atoms with Gasteiger partial charge in [-0.1, -0.05) is 34.8 Å². The zero-order valence-electron chi connectivity index (χ0n) is 18.9. The van der Waals surface area contributed by atoms with Gasteiger partial charge >= 0.3 is 0 Å². The fourth-order valence-corrected chi connectivity index (χ4v) is 4.50. The van der Waals surface area contributed by atoms with Gasteiger partial charge in [-0.3, -0.25) is 4.90 Å². The van der Waals surface area contributed by atoms with Crippen LogP contribution in [0.25, 0.3) is 11.1 Å². The van der Waals surface area contributed by atoms with Crippen molar-refractivity contribution in [2.45, 2.75) is 13.0 Å². The van der Waals surface area contributed by atoms with E-state index >= 15 is 0 Å². The lowest BCUT2D eigenvalue weighted by Crippen LogP contribution is -2.38. The molecule has 0 amide bonds. The maximum absolute atomic E-state index is 14.0. The molecule has 1 saturated heterocycles. The Labute approximate surface area is 217 Å². The van der Waals surface area contributed by atoms with Crippen molar-refractivity contribution < 1.29 is 18.6 Å². The van der Waals surface area contributed by atoms with E-state index in [4.69, 9.17) is 54.7 Å². The number of aromatic nitrogens is 2. The Morgan fingerprint density at radius 2 is 1.77 bits per heavy atom. The predicted octanol–water partition coefficient (Wildman–Crippen LogP) is 5.68. The third-order valence-corrected chi connectivity index (χ3v) is 6.58. The van der Waals surface area contributed by atoms with Gasteiger partial charge in [0, 0.05) is 53.7 Å². The van der Waals surface area contributed by atoms with Crippen LogP contribution < -0.4 is 15.2 Å². The number of benzene rings is 1. The maximum Gasteiger partial charge on any atom is 0.171 e. The molecule has 1 aliphatic heterocycles. The number of hydrogen-bond acceptors (Lipinski definition) is 7. The molecule has 1 fully saturated rings. The molecule has 4 rings (SSSR count). The highest BCUT2D eigenvalue weighted by Gasteiger charge is 2.20. The van der Waals surface area contributed by atoms with Crippen molar-refractivity contribution in [2.75, 3.05) is 45.2 Å². The molecule has 186 valence electrons. The quantitative estimate of drug-likeness (QED) is 0.290. The highest BCUT2D eigenvalue weighted by atomic mass is 35.5. The molecule has 0 radical (unpaired) electrons. The van der Waals surface area contributed by atoms with Crippen molar-refractivity contribution in [1.82, 2.24) is 14.9 Å². The molecule has 0 unspecified atom stereocenters. The standard InChI is InChI=1S/C24H24Cl3FN4O3/c1-14(21-17(25)2-3-18(28)22(21)26)35-20-11-16(13-31-24(20)29)15-10-19(23(27)30-12-15)34-9-6-32-4-7-33-8-5-32/h2-3,10-14H,4-9H2,1H3,(H2,29,31)/t14-/m1/s1. The molecule has 3 aromatic rings.